The summed E-state index contributed by atoms with van der Waals surface area (Å²) in [4.78, 5) is 0. The molecule has 3 nitrogen and oxygen atoms in total. The molecule has 0 bridgehead atoms. The molecule has 2 aromatic rings. The van der Waals surface area contributed by atoms with Gasteiger partial charge in [0.1, 0.15) is 0 Å². The molecule has 1 heterocycles. The van der Waals surface area contributed by atoms with Gasteiger partial charge in [0.15, 0.2) is 0 Å². The van der Waals surface area contributed by atoms with Gasteiger partial charge in [-0.15, -0.1) is 11.6 Å². The number of halogens is 1. The van der Waals surface area contributed by atoms with Crippen molar-refractivity contribution in [3.63, 3.8) is 0 Å². The van der Waals surface area contributed by atoms with Crippen LogP contribution in [0.5, 0.6) is 0 Å². The average molecular weight is 290 g/mol. The van der Waals surface area contributed by atoms with Gasteiger partial charge in [-0.25, -0.2) is 0 Å². The monoisotopic (exact) mass is 289 g/mol. The second-order valence-corrected chi connectivity index (χ2v) is 5.68. The van der Waals surface area contributed by atoms with E-state index in [0.29, 0.717) is 11.9 Å². The van der Waals surface area contributed by atoms with Crippen LogP contribution in [-0.2, 0) is 12.4 Å². The van der Waals surface area contributed by atoms with Crippen LogP contribution in [0.1, 0.15) is 43.0 Å². The van der Waals surface area contributed by atoms with Gasteiger partial charge < -0.3 is 5.32 Å². The summed E-state index contributed by atoms with van der Waals surface area (Å²) in [6.07, 6.45) is 7.34. The Balaban J connectivity index is 1.57. The molecule has 0 saturated heterocycles. The molecule has 1 aromatic carbocycles. The summed E-state index contributed by atoms with van der Waals surface area (Å²) >= 11 is 5.78. The van der Waals surface area contributed by atoms with Crippen LogP contribution < -0.4 is 5.32 Å². The lowest BCUT2D eigenvalue weighted by atomic mass is 10.2. The number of hydrogen-bond donors (Lipinski definition) is 1. The number of alkyl halides is 1. The Morgan fingerprint density at radius 2 is 1.90 bits per heavy atom. The van der Waals surface area contributed by atoms with Crippen molar-refractivity contribution < 1.29 is 0 Å². The van der Waals surface area contributed by atoms with Gasteiger partial charge in [0.2, 0.25) is 0 Å². The molecule has 1 saturated carbocycles. The highest BCUT2D eigenvalue weighted by molar-refractivity contribution is 6.17. The molecule has 1 N–H and O–H groups in total. The molecule has 0 spiro atoms. The van der Waals surface area contributed by atoms with Crippen molar-refractivity contribution in [3.8, 4) is 0 Å². The Morgan fingerprint density at radius 1 is 1.15 bits per heavy atom. The molecule has 20 heavy (non-hydrogen) atoms. The van der Waals surface area contributed by atoms with E-state index in [1.165, 1.54) is 25.7 Å². The molecule has 106 valence electrons. The molecule has 0 unspecified atom stereocenters. The third kappa shape index (κ3) is 3.15. The quantitative estimate of drug-likeness (QED) is 0.829. The lowest BCUT2D eigenvalue weighted by Crippen LogP contribution is -2.07. The summed E-state index contributed by atoms with van der Waals surface area (Å²) in [5.74, 6) is 0.562. The van der Waals surface area contributed by atoms with Crippen molar-refractivity contribution >= 4 is 17.3 Å². The summed E-state index contributed by atoms with van der Waals surface area (Å²) in [5.41, 5.74) is 3.34. The van der Waals surface area contributed by atoms with Gasteiger partial charge in [0, 0.05) is 17.8 Å². The normalized spacial score (nSPS) is 15.7. The molecular weight excluding hydrogens is 270 g/mol. The van der Waals surface area contributed by atoms with Crippen molar-refractivity contribution in [3.05, 3.63) is 47.8 Å². The molecule has 1 aliphatic carbocycles. The van der Waals surface area contributed by atoms with E-state index >= 15 is 0 Å². The molecule has 0 amide bonds. The maximum Gasteiger partial charge on any atom is 0.0815 e. The van der Waals surface area contributed by atoms with Crippen molar-refractivity contribution in [1.29, 1.82) is 0 Å². The Hall–Kier alpha value is -1.48. The van der Waals surface area contributed by atoms with E-state index in [9.17, 15) is 0 Å². The van der Waals surface area contributed by atoms with Gasteiger partial charge in [-0.2, -0.15) is 5.10 Å². The number of anilines is 1. The maximum atomic E-state index is 5.78. The van der Waals surface area contributed by atoms with E-state index in [2.05, 4.69) is 39.5 Å². The van der Waals surface area contributed by atoms with Crippen LogP contribution in [0.3, 0.4) is 0 Å². The third-order valence-corrected chi connectivity index (χ3v) is 4.25. The van der Waals surface area contributed by atoms with Crippen molar-refractivity contribution in [2.75, 3.05) is 5.32 Å². The fraction of sp³-hybridized carbons (Fsp3) is 0.438. The van der Waals surface area contributed by atoms with E-state index in [0.717, 1.165) is 23.5 Å². The first-order chi connectivity index (χ1) is 9.85. The van der Waals surface area contributed by atoms with E-state index in [-0.39, 0.29) is 0 Å². The Labute approximate surface area is 124 Å². The smallest absolute Gasteiger partial charge is 0.0815 e. The Kier molecular flexibility index (Phi) is 4.26. The molecule has 3 rings (SSSR count). The fourth-order valence-corrected chi connectivity index (χ4v) is 2.93. The zero-order valence-electron chi connectivity index (χ0n) is 11.6. The zero-order chi connectivity index (χ0) is 13.8. The van der Waals surface area contributed by atoms with Crippen LogP contribution in [0, 0.1) is 0 Å². The van der Waals surface area contributed by atoms with Crippen LogP contribution in [0.4, 0.5) is 5.69 Å². The summed E-state index contributed by atoms with van der Waals surface area (Å²) in [6, 6.07) is 10.9. The standard InChI is InChI=1S/C16H20ClN3/c17-11-13-5-7-14(8-6-13)18-12-15-9-10-20(19-15)16-3-1-2-4-16/h5-10,16,18H,1-4,11-12H2. The third-order valence-electron chi connectivity index (χ3n) is 3.94. The van der Waals surface area contributed by atoms with Gasteiger partial charge >= 0.3 is 0 Å². The number of nitrogens with one attached hydrogen (secondary N) is 1. The first-order valence-corrected chi connectivity index (χ1v) is 7.81. The Morgan fingerprint density at radius 3 is 2.60 bits per heavy atom. The molecule has 1 aromatic heterocycles. The minimum Gasteiger partial charge on any atom is -0.379 e. The number of benzene rings is 1. The topological polar surface area (TPSA) is 29.9 Å². The SMILES string of the molecule is ClCc1ccc(NCc2ccn(C3CCCC3)n2)cc1. The van der Waals surface area contributed by atoms with E-state index in [4.69, 9.17) is 11.6 Å². The average Bonchev–Trinajstić information content (AvgIpc) is 3.16. The molecule has 0 atom stereocenters. The Bertz CT molecular complexity index is 541. The highest BCUT2D eigenvalue weighted by atomic mass is 35.5. The summed E-state index contributed by atoms with van der Waals surface area (Å²) in [5, 5.41) is 8.07. The largest absolute Gasteiger partial charge is 0.379 e. The van der Waals surface area contributed by atoms with E-state index in [1.54, 1.807) is 0 Å². The summed E-state index contributed by atoms with van der Waals surface area (Å²) < 4.78 is 2.14. The number of nitrogens with zero attached hydrogens (tertiary/aromatic N) is 2. The second-order valence-electron chi connectivity index (χ2n) is 5.41. The van der Waals surface area contributed by atoms with Gasteiger partial charge in [-0.05, 0) is 36.6 Å². The van der Waals surface area contributed by atoms with Crippen LogP contribution >= 0.6 is 11.6 Å². The minimum absolute atomic E-state index is 0.562. The predicted molar refractivity (Wildman–Crippen MR) is 83.1 cm³/mol. The number of rotatable bonds is 5. The van der Waals surface area contributed by atoms with E-state index < -0.39 is 0 Å². The molecular formula is C16H20ClN3. The first-order valence-electron chi connectivity index (χ1n) is 7.28. The number of hydrogen-bond acceptors (Lipinski definition) is 2. The van der Waals surface area contributed by atoms with Gasteiger partial charge in [-0.1, -0.05) is 25.0 Å². The summed E-state index contributed by atoms with van der Waals surface area (Å²) in [7, 11) is 0. The van der Waals surface area contributed by atoms with Crippen LogP contribution in [-0.4, -0.2) is 9.78 Å². The highest BCUT2D eigenvalue weighted by Crippen LogP contribution is 2.28. The lowest BCUT2D eigenvalue weighted by molar-refractivity contribution is 0.463. The molecule has 1 fully saturated rings. The van der Waals surface area contributed by atoms with Crippen molar-refractivity contribution in [1.82, 2.24) is 9.78 Å². The minimum atomic E-state index is 0.562. The summed E-state index contributed by atoms with van der Waals surface area (Å²) in [6.45, 7) is 0.764. The van der Waals surface area contributed by atoms with Crippen LogP contribution in [0.25, 0.3) is 0 Å². The predicted octanol–water partition coefficient (Wildman–Crippen LogP) is 4.35. The van der Waals surface area contributed by atoms with Crippen molar-refractivity contribution in [2.45, 2.75) is 44.1 Å². The van der Waals surface area contributed by atoms with E-state index in [1.807, 2.05) is 12.1 Å². The highest BCUT2D eigenvalue weighted by Gasteiger charge is 2.17. The maximum absolute atomic E-state index is 5.78. The molecule has 1 aliphatic rings. The second kappa shape index (κ2) is 6.31. The van der Waals surface area contributed by atoms with Gasteiger partial charge in [-0.3, -0.25) is 4.68 Å². The van der Waals surface area contributed by atoms with Gasteiger partial charge in [0.25, 0.3) is 0 Å². The molecule has 0 radical (unpaired) electrons. The zero-order valence-corrected chi connectivity index (χ0v) is 12.3. The van der Waals surface area contributed by atoms with Crippen LogP contribution in [0.15, 0.2) is 36.5 Å². The van der Waals surface area contributed by atoms with Gasteiger partial charge in [0.05, 0.1) is 18.3 Å². The molecule has 4 heteroatoms. The number of aromatic nitrogens is 2. The molecule has 0 aliphatic heterocycles. The first kappa shape index (κ1) is 13.5. The fourth-order valence-electron chi connectivity index (χ4n) is 2.75. The lowest BCUT2D eigenvalue weighted by Gasteiger charge is -2.09. The van der Waals surface area contributed by atoms with Crippen LogP contribution in [0.2, 0.25) is 0 Å². The van der Waals surface area contributed by atoms with Crippen molar-refractivity contribution in [2.24, 2.45) is 0 Å².